The van der Waals surface area contributed by atoms with E-state index in [4.69, 9.17) is 5.11 Å². The van der Waals surface area contributed by atoms with Crippen LogP contribution in [0.25, 0.3) is 33.4 Å². The van der Waals surface area contributed by atoms with Crippen molar-refractivity contribution >= 4 is 13.0 Å². The Balaban J connectivity index is 1.48. The van der Waals surface area contributed by atoms with Crippen LogP contribution in [-0.4, -0.2) is 45.6 Å². The molecule has 0 aliphatic rings. The molecule has 0 aliphatic heterocycles. The van der Waals surface area contributed by atoms with Gasteiger partial charge in [-0.15, -0.1) is 5.10 Å². The average Bonchev–Trinajstić information content (AvgIpc) is 3.47. The molecule has 212 valence electrons. The van der Waals surface area contributed by atoms with Crippen molar-refractivity contribution in [3.63, 3.8) is 0 Å². The summed E-state index contributed by atoms with van der Waals surface area (Å²) in [6.07, 6.45) is 4.43. The van der Waals surface area contributed by atoms with Crippen molar-refractivity contribution in [2.75, 3.05) is 13.2 Å². The third-order valence-corrected chi connectivity index (χ3v) is 7.42. The minimum atomic E-state index is 0.133. The molecule has 0 atom stereocenters. The average molecular weight is 559 g/mol. The van der Waals surface area contributed by atoms with Crippen LogP contribution in [-0.2, 0) is 13.2 Å². The van der Waals surface area contributed by atoms with Gasteiger partial charge < -0.3 is 15.0 Å². The lowest BCUT2D eigenvalue weighted by Crippen LogP contribution is -2.24. The molecular formula is C34H34N6O2. The third-order valence-electron chi connectivity index (χ3n) is 7.42. The Morgan fingerprint density at radius 1 is 0.881 bits per heavy atom. The Kier molecular flexibility index (Phi) is 8.96. The van der Waals surface area contributed by atoms with Crippen molar-refractivity contribution < 1.29 is 9.90 Å². The van der Waals surface area contributed by atoms with Gasteiger partial charge in [0, 0.05) is 32.2 Å². The molecule has 5 aromatic rings. The molecule has 0 saturated heterocycles. The molecule has 0 saturated carbocycles. The van der Waals surface area contributed by atoms with Gasteiger partial charge in [0.2, 0.25) is 0 Å². The molecule has 8 heteroatoms. The number of hydrogen-bond donors (Lipinski definition) is 2. The zero-order chi connectivity index (χ0) is 29.5. The Morgan fingerprint density at radius 2 is 1.55 bits per heavy atom. The minimum absolute atomic E-state index is 0.133. The number of aliphatic hydroxyl groups excluding tert-OH is 1. The number of nitrogens with one attached hydrogen (secondary N) is 1. The van der Waals surface area contributed by atoms with Crippen LogP contribution in [0.1, 0.15) is 27.2 Å². The first kappa shape index (κ1) is 28.6. The lowest BCUT2D eigenvalue weighted by molar-refractivity contribution is 0.111. The van der Waals surface area contributed by atoms with Crippen LogP contribution in [0.2, 0.25) is 0 Å². The SMILES string of the molecule is C=N/N=c1/cc(-c2cccc(-c3cccc(-c4ccc(CNCCO)cc4)c3C)c2C)ccn1Cn1ccc(C=O)n1. The molecule has 5 rings (SSSR count). The number of pyridine rings is 1. The van der Waals surface area contributed by atoms with Crippen LogP contribution in [0.4, 0.5) is 0 Å². The Bertz CT molecular complexity index is 1780. The summed E-state index contributed by atoms with van der Waals surface area (Å²) >= 11 is 0. The van der Waals surface area contributed by atoms with E-state index in [0.717, 1.165) is 24.0 Å². The number of benzene rings is 3. The van der Waals surface area contributed by atoms with E-state index >= 15 is 0 Å². The van der Waals surface area contributed by atoms with Crippen molar-refractivity contribution in [3.05, 3.63) is 119 Å². The maximum absolute atomic E-state index is 11.0. The van der Waals surface area contributed by atoms with Crippen LogP contribution in [0.15, 0.2) is 101 Å². The van der Waals surface area contributed by atoms with E-state index in [1.54, 1.807) is 16.9 Å². The number of carbonyl (C=O) groups excluding carboxylic acids is 1. The standard InChI is InChI=1S/C34H34N6O2/c1-24-30(27-12-10-26(11-13-27)21-36-16-19-41)6-4-8-32(24)33-9-5-7-31(25(33)2)28-14-17-39(34(20-28)37-35-3)23-40-18-15-29(22-42)38-40/h4-15,17-18,20,22,36,41H,3,16,19,21,23H2,1-2H3/b37-34-. The molecule has 0 aliphatic carbocycles. The van der Waals surface area contributed by atoms with Crippen LogP contribution >= 0.6 is 0 Å². The topological polar surface area (TPSA) is 96.8 Å². The van der Waals surface area contributed by atoms with Crippen molar-refractivity contribution in [3.8, 4) is 33.4 Å². The number of hydrogen-bond acceptors (Lipinski definition) is 6. The molecule has 0 bridgehead atoms. The highest BCUT2D eigenvalue weighted by atomic mass is 16.3. The van der Waals surface area contributed by atoms with Gasteiger partial charge >= 0.3 is 0 Å². The van der Waals surface area contributed by atoms with Gasteiger partial charge in [0.25, 0.3) is 0 Å². The lowest BCUT2D eigenvalue weighted by atomic mass is 9.88. The summed E-state index contributed by atoms with van der Waals surface area (Å²) in [4.78, 5) is 11.0. The van der Waals surface area contributed by atoms with E-state index in [1.807, 2.05) is 16.8 Å². The molecule has 2 aromatic heterocycles. The van der Waals surface area contributed by atoms with Gasteiger partial charge in [-0.05, 0) is 82.1 Å². The summed E-state index contributed by atoms with van der Waals surface area (Å²) in [5, 5.41) is 24.5. The van der Waals surface area contributed by atoms with E-state index in [1.165, 1.54) is 38.9 Å². The van der Waals surface area contributed by atoms with Crippen molar-refractivity contribution in [2.45, 2.75) is 27.1 Å². The van der Waals surface area contributed by atoms with Gasteiger partial charge in [-0.3, -0.25) is 9.48 Å². The number of rotatable bonds is 11. The van der Waals surface area contributed by atoms with Gasteiger partial charge in [-0.2, -0.15) is 10.2 Å². The predicted octanol–water partition coefficient (Wildman–Crippen LogP) is 5.22. The summed E-state index contributed by atoms with van der Waals surface area (Å²) < 4.78 is 3.58. The zero-order valence-corrected chi connectivity index (χ0v) is 23.9. The fraction of sp³-hybridized carbons (Fsp3) is 0.176. The first-order valence-electron chi connectivity index (χ1n) is 13.8. The summed E-state index contributed by atoms with van der Waals surface area (Å²) in [5.74, 6) is 0. The Hall–Kier alpha value is -4.92. The molecule has 3 aromatic carbocycles. The van der Waals surface area contributed by atoms with Gasteiger partial charge in [-0.25, -0.2) is 0 Å². The van der Waals surface area contributed by atoms with Crippen LogP contribution < -0.4 is 10.8 Å². The molecule has 0 spiro atoms. The highest BCUT2D eigenvalue weighted by molar-refractivity contribution is 5.83. The van der Waals surface area contributed by atoms with E-state index in [-0.39, 0.29) is 6.61 Å². The van der Waals surface area contributed by atoms with E-state index < -0.39 is 0 Å². The molecule has 0 amide bonds. The quantitative estimate of drug-likeness (QED) is 0.101. The maximum atomic E-state index is 11.0. The Labute approximate surface area is 245 Å². The molecule has 0 fully saturated rings. The number of aliphatic hydroxyl groups is 1. The van der Waals surface area contributed by atoms with Crippen molar-refractivity contribution in [1.29, 1.82) is 0 Å². The highest BCUT2D eigenvalue weighted by Gasteiger charge is 2.13. The van der Waals surface area contributed by atoms with Crippen LogP contribution in [0.5, 0.6) is 0 Å². The van der Waals surface area contributed by atoms with Gasteiger partial charge in [0.15, 0.2) is 11.8 Å². The van der Waals surface area contributed by atoms with Gasteiger partial charge in [0.05, 0.1) is 6.61 Å². The Morgan fingerprint density at radius 3 is 2.17 bits per heavy atom. The first-order valence-corrected chi connectivity index (χ1v) is 13.8. The van der Waals surface area contributed by atoms with E-state index in [2.05, 4.69) is 108 Å². The van der Waals surface area contributed by atoms with Crippen LogP contribution in [0.3, 0.4) is 0 Å². The van der Waals surface area contributed by atoms with Gasteiger partial charge in [-0.1, -0.05) is 60.7 Å². The molecule has 2 heterocycles. The summed E-state index contributed by atoms with van der Waals surface area (Å²) in [7, 11) is 0. The maximum Gasteiger partial charge on any atom is 0.170 e. The van der Waals surface area contributed by atoms with Crippen molar-refractivity contribution in [2.24, 2.45) is 10.2 Å². The minimum Gasteiger partial charge on any atom is -0.395 e. The van der Waals surface area contributed by atoms with Crippen LogP contribution in [0, 0.1) is 13.8 Å². The number of nitrogens with zero attached hydrogens (tertiary/aromatic N) is 5. The smallest absolute Gasteiger partial charge is 0.170 e. The fourth-order valence-corrected chi connectivity index (χ4v) is 5.23. The zero-order valence-electron chi connectivity index (χ0n) is 23.9. The molecule has 2 N–H and O–H groups in total. The largest absolute Gasteiger partial charge is 0.395 e. The lowest BCUT2D eigenvalue weighted by Gasteiger charge is -2.17. The highest BCUT2D eigenvalue weighted by Crippen LogP contribution is 2.36. The molecule has 8 nitrogen and oxygen atoms in total. The first-order chi connectivity index (χ1) is 20.5. The second-order valence-corrected chi connectivity index (χ2v) is 10.1. The second kappa shape index (κ2) is 13.2. The van der Waals surface area contributed by atoms with Crippen molar-refractivity contribution in [1.82, 2.24) is 19.7 Å². The summed E-state index contributed by atoms with van der Waals surface area (Å²) in [6, 6.07) is 27.1. The van der Waals surface area contributed by atoms with E-state index in [0.29, 0.717) is 24.4 Å². The molecule has 42 heavy (non-hydrogen) atoms. The predicted molar refractivity (Wildman–Crippen MR) is 167 cm³/mol. The number of aldehydes is 1. The summed E-state index contributed by atoms with van der Waals surface area (Å²) in [6.45, 7) is 9.71. The molecule has 0 radical (unpaired) electrons. The second-order valence-electron chi connectivity index (χ2n) is 10.1. The third kappa shape index (κ3) is 6.20. The normalized spacial score (nSPS) is 11.5. The summed E-state index contributed by atoms with van der Waals surface area (Å²) in [5.41, 5.74) is 11.4. The fourth-order valence-electron chi connectivity index (χ4n) is 5.23. The van der Waals surface area contributed by atoms with Gasteiger partial charge in [0.1, 0.15) is 12.4 Å². The number of aromatic nitrogens is 3. The van der Waals surface area contributed by atoms with E-state index in [9.17, 15) is 4.79 Å². The molecule has 0 unspecified atom stereocenters. The monoisotopic (exact) mass is 558 g/mol. The molecular weight excluding hydrogens is 524 g/mol. The number of carbonyl (C=O) groups is 1.